The topological polar surface area (TPSA) is 72.2 Å². The molecule has 4 nitrogen and oxygen atoms in total. The minimum absolute atomic E-state index is 0.282. The van der Waals surface area contributed by atoms with Crippen molar-refractivity contribution in [3.8, 4) is 12.3 Å². The van der Waals surface area contributed by atoms with Crippen LogP contribution in [0.4, 0.5) is 5.69 Å². The van der Waals surface area contributed by atoms with E-state index < -0.39 is 10.0 Å². The molecular weight excluding hydrogens is 260 g/mol. The lowest BCUT2D eigenvalue weighted by atomic mass is 10.1. The molecule has 0 atom stereocenters. The lowest BCUT2D eigenvalue weighted by Gasteiger charge is -2.13. The number of anilines is 1. The van der Waals surface area contributed by atoms with Crippen LogP contribution in [-0.2, 0) is 10.0 Å². The summed E-state index contributed by atoms with van der Waals surface area (Å²) >= 11 is 0. The van der Waals surface area contributed by atoms with Gasteiger partial charge in [-0.15, -0.1) is 12.3 Å². The maximum absolute atomic E-state index is 12.3. The van der Waals surface area contributed by atoms with Gasteiger partial charge in [-0.05, 0) is 43.9 Å². The van der Waals surface area contributed by atoms with Gasteiger partial charge in [0.15, 0.2) is 0 Å². The Labute approximate surface area is 115 Å². The molecule has 19 heavy (non-hydrogen) atoms. The largest absolute Gasteiger partial charge is 0.398 e. The Morgan fingerprint density at radius 1 is 1.32 bits per heavy atom. The molecule has 0 saturated carbocycles. The lowest BCUT2D eigenvalue weighted by molar-refractivity contribution is 0.576. The summed E-state index contributed by atoms with van der Waals surface area (Å²) < 4.78 is 27.1. The van der Waals surface area contributed by atoms with Gasteiger partial charge in [-0.25, -0.2) is 13.1 Å². The van der Waals surface area contributed by atoms with Crippen molar-refractivity contribution in [1.29, 1.82) is 0 Å². The number of hydrogen-bond acceptors (Lipinski definition) is 3. The van der Waals surface area contributed by atoms with Crippen molar-refractivity contribution in [2.75, 3.05) is 12.3 Å². The fourth-order valence-corrected chi connectivity index (χ4v) is 3.46. The van der Waals surface area contributed by atoms with Crippen LogP contribution in [0.5, 0.6) is 0 Å². The number of unbranched alkanes of at least 4 members (excludes halogenated alkanes) is 2. The molecule has 1 rings (SSSR count). The molecule has 5 heteroatoms. The number of nitrogen functional groups attached to an aromatic ring is 1. The van der Waals surface area contributed by atoms with Crippen LogP contribution in [0.1, 0.15) is 30.4 Å². The van der Waals surface area contributed by atoms with Crippen LogP contribution >= 0.6 is 0 Å². The molecule has 0 radical (unpaired) electrons. The van der Waals surface area contributed by atoms with Crippen LogP contribution in [-0.4, -0.2) is 15.0 Å². The van der Waals surface area contributed by atoms with E-state index in [4.69, 9.17) is 12.2 Å². The molecule has 0 spiro atoms. The number of rotatable bonds is 6. The zero-order valence-electron chi connectivity index (χ0n) is 11.4. The first kappa shape index (κ1) is 15.5. The second-order valence-corrected chi connectivity index (χ2v) is 6.19. The van der Waals surface area contributed by atoms with E-state index in [-0.39, 0.29) is 4.90 Å². The lowest BCUT2D eigenvalue weighted by Crippen LogP contribution is -2.26. The van der Waals surface area contributed by atoms with Gasteiger partial charge in [0.05, 0.1) is 4.90 Å². The second-order valence-electron chi connectivity index (χ2n) is 4.48. The van der Waals surface area contributed by atoms with Gasteiger partial charge < -0.3 is 5.73 Å². The predicted octanol–water partition coefficient (Wildman–Crippen LogP) is 1.97. The van der Waals surface area contributed by atoms with E-state index in [1.165, 1.54) is 0 Å². The zero-order chi connectivity index (χ0) is 14.5. The first-order valence-electron chi connectivity index (χ1n) is 6.19. The third-order valence-electron chi connectivity index (χ3n) is 2.95. The van der Waals surface area contributed by atoms with E-state index in [0.717, 1.165) is 12.8 Å². The summed E-state index contributed by atoms with van der Waals surface area (Å²) in [7, 11) is -3.51. The molecule has 104 valence electrons. The molecule has 0 aromatic heterocycles. The summed E-state index contributed by atoms with van der Waals surface area (Å²) in [6.07, 6.45) is 7.35. The summed E-state index contributed by atoms with van der Waals surface area (Å²) in [6.45, 7) is 3.87. The number of sulfonamides is 1. The highest BCUT2D eigenvalue weighted by molar-refractivity contribution is 7.89. The molecule has 0 saturated heterocycles. The van der Waals surface area contributed by atoms with E-state index in [9.17, 15) is 8.42 Å². The minimum atomic E-state index is -3.51. The van der Waals surface area contributed by atoms with Crippen molar-refractivity contribution in [1.82, 2.24) is 4.72 Å². The van der Waals surface area contributed by atoms with Gasteiger partial charge in [0.1, 0.15) is 0 Å². The normalized spacial score (nSPS) is 11.2. The standard InChI is InChI=1S/C14H20N2O2S/c1-4-5-6-7-10-16-19(17,18)14-11(2)8-9-13(15)12(14)3/h1,8-9,16H,5-7,10,15H2,2-3H3. The summed E-state index contributed by atoms with van der Waals surface area (Å²) in [5.41, 5.74) is 7.54. The molecule has 0 heterocycles. The average Bonchev–Trinajstić information content (AvgIpc) is 2.34. The third kappa shape index (κ3) is 3.98. The van der Waals surface area contributed by atoms with Crippen molar-refractivity contribution >= 4 is 15.7 Å². The van der Waals surface area contributed by atoms with Crippen molar-refractivity contribution < 1.29 is 8.42 Å². The van der Waals surface area contributed by atoms with Gasteiger partial charge in [-0.1, -0.05) is 6.07 Å². The molecule has 0 aliphatic carbocycles. The monoisotopic (exact) mass is 280 g/mol. The number of hydrogen-bond donors (Lipinski definition) is 2. The Hall–Kier alpha value is -1.51. The average molecular weight is 280 g/mol. The number of aryl methyl sites for hydroxylation is 1. The van der Waals surface area contributed by atoms with Crippen LogP contribution < -0.4 is 10.5 Å². The fraction of sp³-hybridized carbons (Fsp3) is 0.429. The first-order chi connectivity index (χ1) is 8.90. The maximum atomic E-state index is 12.3. The van der Waals surface area contributed by atoms with E-state index in [2.05, 4.69) is 10.6 Å². The zero-order valence-corrected chi connectivity index (χ0v) is 12.2. The molecule has 0 aliphatic heterocycles. The molecule has 0 amide bonds. The molecule has 0 fully saturated rings. The Morgan fingerprint density at radius 2 is 2.00 bits per heavy atom. The highest BCUT2D eigenvalue weighted by Crippen LogP contribution is 2.24. The van der Waals surface area contributed by atoms with Gasteiger partial charge in [0.2, 0.25) is 10.0 Å². The fourth-order valence-electron chi connectivity index (χ4n) is 1.89. The van der Waals surface area contributed by atoms with Crippen molar-refractivity contribution in [3.05, 3.63) is 23.3 Å². The van der Waals surface area contributed by atoms with E-state index in [1.807, 2.05) is 0 Å². The predicted molar refractivity (Wildman–Crippen MR) is 78.2 cm³/mol. The highest BCUT2D eigenvalue weighted by atomic mass is 32.2. The summed E-state index contributed by atoms with van der Waals surface area (Å²) in [4.78, 5) is 0.282. The highest BCUT2D eigenvalue weighted by Gasteiger charge is 2.20. The van der Waals surface area contributed by atoms with Gasteiger partial charge in [-0.3, -0.25) is 0 Å². The van der Waals surface area contributed by atoms with E-state index in [1.54, 1.807) is 26.0 Å². The molecule has 1 aromatic rings. The van der Waals surface area contributed by atoms with Crippen LogP contribution in [0.15, 0.2) is 17.0 Å². The van der Waals surface area contributed by atoms with Crippen LogP contribution in [0.3, 0.4) is 0 Å². The van der Waals surface area contributed by atoms with Gasteiger partial charge in [-0.2, -0.15) is 0 Å². The Kier molecular flexibility index (Phi) is 5.40. The van der Waals surface area contributed by atoms with E-state index >= 15 is 0 Å². The number of nitrogens with two attached hydrogens (primary N) is 1. The molecule has 3 N–H and O–H groups in total. The van der Waals surface area contributed by atoms with Crippen LogP contribution in [0.25, 0.3) is 0 Å². The maximum Gasteiger partial charge on any atom is 0.241 e. The van der Waals surface area contributed by atoms with Gasteiger partial charge >= 0.3 is 0 Å². The number of nitrogens with one attached hydrogen (secondary N) is 1. The number of benzene rings is 1. The summed E-state index contributed by atoms with van der Waals surface area (Å²) in [5.74, 6) is 2.53. The molecule has 0 aliphatic rings. The Balaban J connectivity index is 2.84. The minimum Gasteiger partial charge on any atom is -0.398 e. The Bertz CT molecular complexity index is 586. The van der Waals surface area contributed by atoms with Crippen molar-refractivity contribution in [2.45, 2.75) is 38.0 Å². The Morgan fingerprint density at radius 3 is 2.63 bits per heavy atom. The third-order valence-corrected chi connectivity index (χ3v) is 4.70. The molecule has 0 unspecified atom stereocenters. The van der Waals surface area contributed by atoms with E-state index in [0.29, 0.717) is 29.8 Å². The SMILES string of the molecule is C#CCCCCNS(=O)(=O)c1c(C)ccc(N)c1C. The van der Waals surface area contributed by atoms with Gasteiger partial charge in [0, 0.05) is 18.7 Å². The smallest absolute Gasteiger partial charge is 0.241 e. The van der Waals surface area contributed by atoms with Crippen molar-refractivity contribution in [3.63, 3.8) is 0 Å². The molecule has 0 bridgehead atoms. The second kappa shape index (κ2) is 6.60. The first-order valence-corrected chi connectivity index (χ1v) is 7.67. The quantitative estimate of drug-likeness (QED) is 0.475. The van der Waals surface area contributed by atoms with Crippen LogP contribution in [0.2, 0.25) is 0 Å². The number of terminal acetylenes is 1. The molecular formula is C14H20N2O2S. The van der Waals surface area contributed by atoms with Crippen LogP contribution in [0, 0.1) is 26.2 Å². The summed E-state index contributed by atoms with van der Waals surface area (Å²) in [6, 6.07) is 3.44. The molecule has 1 aromatic carbocycles. The van der Waals surface area contributed by atoms with Gasteiger partial charge in [0.25, 0.3) is 0 Å². The van der Waals surface area contributed by atoms with Crippen molar-refractivity contribution in [2.24, 2.45) is 0 Å². The summed E-state index contributed by atoms with van der Waals surface area (Å²) in [5, 5.41) is 0.